The van der Waals surface area contributed by atoms with E-state index in [4.69, 9.17) is 0 Å². The number of hydrogen-bond acceptors (Lipinski definition) is 5. The van der Waals surface area contributed by atoms with E-state index in [2.05, 4.69) is 51.7 Å². The van der Waals surface area contributed by atoms with Crippen LogP contribution in [-0.2, 0) is 16.0 Å². The standard InChI is InChI=1S/C22H27N5O2/c1-16-6-7-17-4-2-3-5-19(17)27(16)12-10-21(28)25-18-8-9-20(24-14-18)26-13-11-23-22(29)15-26/h2-5,8-9,14,16H,6-7,10-13,15H2,1H3,(H,23,29)(H,25,28). The Balaban J connectivity index is 1.32. The third-order valence-electron chi connectivity index (χ3n) is 5.64. The van der Waals surface area contributed by atoms with Gasteiger partial charge in [-0.3, -0.25) is 9.59 Å². The maximum atomic E-state index is 12.5. The summed E-state index contributed by atoms with van der Waals surface area (Å²) < 4.78 is 0. The summed E-state index contributed by atoms with van der Waals surface area (Å²) in [6, 6.07) is 12.6. The molecule has 0 saturated carbocycles. The molecular weight excluding hydrogens is 366 g/mol. The number of hydrogen-bond donors (Lipinski definition) is 2. The van der Waals surface area contributed by atoms with E-state index in [1.54, 1.807) is 6.20 Å². The van der Waals surface area contributed by atoms with Gasteiger partial charge >= 0.3 is 0 Å². The summed E-state index contributed by atoms with van der Waals surface area (Å²) in [5.74, 6) is 0.729. The van der Waals surface area contributed by atoms with Crippen molar-refractivity contribution >= 4 is 29.0 Å². The smallest absolute Gasteiger partial charge is 0.239 e. The second-order valence-electron chi connectivity index (χ2n) is 7.68. The normalized spacial score (nSPS) is 18.8. The van der Waals surface area contributed by atoms with Crippen LogP contribution in [0.4, 0.5) is 17.2 Å². The molecule has 152 valence electrons. The average Bonchev–Trinajstić information content (AvgIpc) is 2.73. The Labute approximate surface area is 171 Å². The first-order valence-corrected chi connectivity index (χ1v) is 10.2. The van der Waals surface area contributed by atoms with Crippen molar-refractivity contribution in [1.82, 2.24) is 10.3 Å². The van der Waals surface area contributed by atoms with Crippen molar-refractivity contribution in [2.45, 2.75) is 32.2 Å². The second-order valence-corrected chi connectivity index (χ2v) is 7.68. The molecule has 2 amide bonds. The monoisotopic (exact) mass is 393 g/mol. The highest BCUT2D eigenvalue weighted by atomic mass is 16.2. The fourth-order valence-electron chi connectivity index (χ4n) is 4.03. The number of amides is 2. The number of pyridine rings is 1. The highest BCUT2D eigenvalue weighted by Crippen LogP contribution is 2.30. The van der Waals surface area contributed by atoms with Gasteiger partial charge in [0.05, 0.1) is 18.4 Å². The molecule has 2 N–H and O–H groups in total. The number of carbonyl (C=O) groups excluding carboxylic acids is 2. The van der Waals surface area contributed by atoms with E-state index in [-0.39, 0.29) is 11.8 Å². The van der Waals surface area contributed by atoms with Crippen LogP contribution in [0.5, 0.6) is 0 Å². The molecule has 2 aliphatic rings. The van der Waals surface area contributed by atoms with Crippen LogP contribution in [0.3, 0.4) is 0 Å². The van der Waals surface area contributed by atoms with Gasteiger partial charge in [-0.25, -0.2) is 4.98 Å². The third-order valence-corrected chi connectivity index (χ3v) is 5.64. The van der Waals surface area contributed by atoms with Gasteiger partial charge in [-0.2, -0.15) is 0 Å². The number of aromatic nitrogens is 1. The van der Waals surface area contributed by atoms with Crippen molar-refractivity contribution < 1.29 is 9.59 Å². The van der Waals surface area contributed by atoms with E-state index in [9.17, 15) is 9.59 Å². The zero-order valence-electron chi connectivity index (χ0n) is 16.7. The number of anilines is 3. The lowest BCUT2D eigenvalue weighted by atomic mass is 9.96. The quantitative estimate of drug-likeness (QED) is 0.814. The Kier molecular flexibility index (Phi) is 5.64. The molecule has 1 aromatic carbocycles. The average molecular weight is 393 g/mol. The van der Waals surface area contributed by atoms with Crippen LogP contribution in [-0.4, -0.2) is 49.0 Å². The molecular formula is C22H27N5O2. The van der Waals surface area contributed by atoms with Gasteiger partial charge in [-0.1, -0.05) is 18.2 Å². The number of rotatable bonds is 5. The molecule has 3 heterocycles. The maximum absolute atomic E-state index is 12.5. The molecule has 7 nitrogen and oxygen atoms in total. The Morgan fingerprint density at radius 2 is 2.14 bits per heavy atom. The third kappa shape index (κ3) is 4.50. The highest BCUT2D eigenvalue weighted by molar-refractivity contribution is 5.91. The van der Waals surface area contributed by atoms with Gasteiger partial charge in [0.2, 0.25) is 11.8 Å². The summed E-state index contributed by atoms with van der Waals surface area (Å²) in [7, 11) is 0. The Bertz CT molecular complexity index is 883. The molecule has 2 aliphatic heterocycles. The SMILES string of the molecule is CC1CCc2ccccc2N1CCC(=O)Nc1ccc(N2CCNC(=O)C2)nc1. The van der Waals surface area contributed by atoms with Crippen molar-refractivity contribution in [2.75, 3.05) is 41.3 Å². The predicted octanol–water partition coefficient (Wildman–Crippen LogP) is 2.19. The summed E-state index contributed by atoms with van der Waals surface area (Å²) in [6.07, 6.45) is 4.28. The number of para-hydroxylation sites is 1. The van der Waals surface area contributed by atoms with Gasteiger partial charge < -0.3 is 20.4 Å². The Morgan fingerprint density at radius 3 is 2.93 bits per heavy atom. The molecule has 1 atom stereocenters. The van der Waals surface area contributed by atoms with Crippen molar-refractivity contribution in [2.24, 2.45) is 0 Å². The first-order chi connectivity index (χ1) is 14.1. The van der Waals surface area contributed by atoms with Crippen molar-refractivity contribution in [3.63, 3.8) is 0 Å². The molecule has 2 aromatic rings. The number of nitrogens with one attached hydrogen (secondary N) is 2. The molecule has 1 unspecified atom stereocenters. The van der Waals surface area contributed by atoms with Crippen LogP contribution in [0.1, 0.15) is 25.3 Å². The lowest BCUT2D eigenvalue weighted by molar-refractivity contribution is -0.120. The van der Waals surface area contributed by atoms with Gasteiger partial charge in [0.15, 0.2) is 0 Å². The van der Waals surface area contributed by atoms with Gasteiger partial charge in [0.1, 0.15) is 5.82 Å². The molecule has 0 aliphatic carbocycles. The lowest BCUT2D eigenvalue weighted by Gasteiger charge is -2.37. The minimum Gasteiger partial charge on any atom is -0.368 e. The highest BCUT2D eigenvalue weighted by Gasteiger charge is 2.23. The van der Waals surface area contributed by atoms with Gasteiger partial charge in [-0.15, -0.1) is 0 Å². The van der Waals surface area contributed by atoms with Crippen molar-refractivity contribution in [3.8, 4) is 0 Å². The predicted molar refractivity (Wildman–Crippen MR) is 114 cm³/mol. The number of carbonyl (C=O) groups is 2. The van der Waals surface area contributed by atoms with E-state index >= 15 is 0 Å². The van der Waals surface area contributed by atoms with Gasteiger partial charge in [0.25, 0.3) is 0 Å². The largest absolute Gasteiger partial charge is 0.368 e. The minimum atomic E-state index is -0.0212. The van der Waals surface area contributed by atoms with Gasteiger partial charge in [-0.05, 0) is 43.5 Å². The zero-order chi connectivity index (χ0) is 20.2. The summed E-state index contributed by atoms with van der Waals surface area (Å²) in [5, 5.41) is 5.73. The van der Waals surface area contributed by atoms with E-state index in [1.807, 2.05) is 17.0 Å². The van der Waals surface area contributed by atoms with Crippen LogP contribution >= 0.6 is 0 Å². The van der Waals surface area contributed by atoms with Crippen LogP contribution < -0.4 is 20.4 Å². The van der Waals surface area contributed by atoms with Crippen LogP contribution in [0.2, 0.25) is 0 Å². The molecule has 29 heavy (non-hydrogen) atoms. The molecule has 0 spiro atoms. The fourth-order valence-corrected chi connectivity index (χ4v) is 4.03. The van der Waals surface area contributed by atoms with E-state index < -0.39 is 0 Å². The van der Waals surface area contributed by atoms with Crippen LogP contribution in [0, 0.1) is 0 Å². The maximum Gasteiger partial charge on any atom is 0.239 e. The molecule has 0 radical (unpaired) electrons. The molecule has 1 aromatic heterocycles. The Hall–Kier alpha value is -3.09. The molecule has 4 rings (SSSR count). The number of aryl methyl sites for hydroxylation is 1. The lowest BCUT2D eigenvalue weighted by Crippen LogP contribution is -2.48. The fraction of sp³-hybridized carbons (Fsp3) is 0.409. The van der Waals surface area contributed by atoms with E-state index in [1.165, 1.54) is 11.3 Å². The molecule has 0 bridgehead atoms. The summed E-state index contributed by atoms with van der Waals surface area (Å²) in [5.41, 5.74) is 3.28. The van der Waals surface area contributed by atoms with Crippen LogP contribution in [0.25, 0.3) is 0 Å². The first-order valence-electron chi connectivity index (χ1n) is 10.2. The van der Waals surface area contributed by atoms with Crippen molar-refractivity contribution in [1.29, 1.82) is 0 Å². The number of piperazine rings is 1. The zero-order valence-corrected chi connectivity index (χ0v) is 16.7. The number of benzene rings is 1. The number of nitrogens with zero attached hydrogens (tertiary/aromatic N) is 3. The van der Waals surface area contributed by atoms with Gasteiger partial charge in [0, 0.05) is 37.8 Å². The minimum absolute atomic E-state index is 0.00365. The second kappa shape index (κ2) is 8.51. The van der Waals surface area contributed by atoms with E-state index in [0.29, 0.717) is 37.8 Å². The summed E-state index contributed by atoms with van der Waals surface area (Å²) in [6.45, 7) is 4.58. The Morgan fingerprint density at radius 1 is 1.28 bits per heavy atom. The topological polar surface area (TPSA) is 77.6 Å². The molecule has 1 fully saturated rings. The first kappa shape index (κ1) is 19.2. The van der Waals surface area contributed by atoms with Crippen LogP contribution in [0.15, 0.2) is 42.6 Å². The molecule has 7 heteroatoms. The molecule has 1 saturated heterocycles. The summed E-state index contributed by atoms with van der Waals surface area (Å²) in [4.78, 5) is 32.7. The number of fused-ring (bicyclic) bond motifs is 1. The van der Waals surface area contributed by atoms with Crippen molar-refractivity contribution in [3.05, 3.63) is 48.2 Å². The van der Waals surface area contributed by atoms with E-state index in [0.717, 1.165) is 25.2 Å². The summed E-state index contributed by atoms with van der Waals surface area (Å²) >= 11 is 0.